The Morgan fingerprint density at radius 3 is 2.29 bits per heavy atom. The Bertz CT molecular complexity index is 428. The largest absolute Gasteiger partial charge is 0.416 e. The number of alkyl halides is 3. The summed E-state index contributed by atoms with van der Waals surface area (Å²) in [5, 5.41) is 12.3. The van der Waals surface area contributed by atoms with Gasteiger partial charge in [-0.2, -0.15) is 13.2 Å². The van der Waals surface area contributed by atoms with Crippen molar-refractivity contribution >= 4 is 0 Å². The number of aliphatic hydroxyl groups excluding tert-OH is 1. The number of halogens is 3. The number of benzene rings is 1. The molecular formula is C15H21F3N2O. The second-order valence-electron chi connectivity index (χ2n) is 5.29. The van der Waals surface area contributed by atoms with Crippen LogP contribution in [0.4, 0.5) is 13.2 Å². The van der Waals surface area contributed by atoms with E-state index in [4.69, 9.17) is 5.11 Å². The summed E-state index contributed by atoms with van der Waals surface area (Å²) < 4.78 is 37.9. The van der Waals surface area contributed by atoms with Gasteiger partial charge in [0, 0.05) is 38.8 Å². The molecule has 0 amide bonds. The van der Waals surface area contributed by atoms with Gasteiger partial charge in [0.2, 0.25) is 0 Å². The molecule has 118 valence electrons. The molecule has 0 unspecified atom stereocenters. The Morgan fingerprint density at radius 1 is 1.14 bits per heavy atom. The maximum Gasteiger partial charge on any atom is 0.416 e. The van der Waals surface area contributed by atoms with E-state index in [0.717, 1.165) is 50.3 Å². The van der Waals surface area contributed by atoms with Gasteiger partial charge in [0.15, 0.2) is 0 Å². The van der Waals surface area contributed by atoms with Gasteiger partial charge in [0.25, 0.3) is 0 Å². The minimum absolute atomic E-state index is 0.0709. The molecule has 1 aromatic carbocycles. The van der Waals surface area contributed by atoms with Gasteiger partial charge in [-0.3, -0.25) is 4.90 Å². The summed E-state index contributed by atoms with van der Waals surface area (Å²) in [6, 6.07) is 5.48. The normalized spacial score (nSPS) is 18.7. The summed E-state index contributed by atoms with van der Waals surface area (Å²) in [5.74, 6) is 0. The van der Waals surface area contributed by atoms with E-state index in [1.807, 2.05) is 0 Å². The third-order valence-corrected chi connectivity index (χ3v) is 3.85. The number of nitrogens with one attached hydrogen (secondary N) is 1. The molecule has 3 nitrogen and oxygen atoms in total. The predicted octanol–water partition coefficient (Wildman–Crippen LogP) is 2.42. The number of hydrogen-bond donors (Lipinski definition) is 2. The first-order valence-corrected chi connectivity index (χ1v) is 7.25. The molecule has 0 bridgehead atoms. The average molecular weight is 302 g/mol. The fourth-order valence-electron chi connectivity index (χ4n) is 2.73. The van der Waals surface area contributed by atoms with Crippen LogP contribution in [0.5, 0.6) is 0 Å². The first-order chi connectivity index (χ1) is 10.0. The lowest BCUT2D eigenvalue weighted by atomic mass is 9.98. The Labute approximate surface area is 122 Å². The molecule has 1 aliphatic rings. The van der Waals surface area contributed by atoms with E-state index < -0.39 is 11.7 Å². The Kier molecular flexibility index (Phi) is 5.61. The summed E-state index contributed by atoms with van der Waals surface area (Å²) in [7, 11) is 0. The highest BCUT2D eigenvalue weighted by Crippen LogP contribution is 2.32. The van der Waals surface area contributed by atoms with E-state index in [1.54, 1.807) is 12.1 Å². The fourth-order valence-corrected chi connectivity index (χ4v) is 2.73. The summed E-state index contributed by atoms with van der Waals surface area (Å²) in [6.07, 6.45) is -2.90. The van der Waals surface area contributed by atoms with Crippen LogP contribution in [0, 0.1) is 0 Å². The molecule has 1 atom stereocenters. The van der Waals surface area contributed by atoms with Gasteiger partial charge in [0.05, 0.1) is 5.56 Å². The molecule has 21 heavy (non-hydrogen) atoms. The Balaban J connectivity index is 2.15. The van der Waals surface area contributed by atoms with Crippen LogP contribution >= 0.6 is 0 Å². The van der Waals surface area contributed by atoms with Crippen LogP contribution in [0.1, 0.15) is 30.0 Å². The topological polar surface area (TPSA) is 35.5 Å². The monoisotopic (exact) mass is 302 g/mol. The van der Waals surface area contributed by atoms with Crippen molar-refractivity contribution < 1.29 is 18.3 Å². The molecule has 6 heteroatoms. The zero-order valence-electron chi connectivity index (χ0n) is 11.9. The lowest BCUT2D eigenvalue weighted by molar-refractivity contribution is -0.137. The molecule has 0 aliphatic carbocycles. The van der Waals surface area contributed by atoms with Crippen LogP contribution in [-0.2, 0) is 6.18 Å². The van der Waals surface area contributed by atoms with Gasteiger partial charge in [-0.15, -0.1) is 0 Å². The van der Waals surface area contributed by atoms with E-state index in [0.29, 0.717) is 6.42 Å². The van der Waals surface area contributed by atoms with Crippen molar-refractivity contribution in [3.05, 3.63) is 35.4 Å². The molecule has 1 saturated heterocycles. The van der Waals surface area contributed by atoms with Gasteiger partial charge in [-0.1, -0.05) is 12.1 Å². The molecule has 1 aromatic rings. The van der Waals surface area contributed by atoms with Gasteiger partial charge in [-0.25, -0.2) is 0 Å². The molecule has 1 fully saturated rings. The summed E-state index contributed by atoms with van der Waals surface area (Å²) in [6.45, 7) is 3.62. The predicted molar refractivity (Wildman–Crippen MR) is 74.9 cm³/mol. The van der Waals surface area contributed by atoms with Crippen molar-refractivity contribution in [1.29, 1.82) is 0 Å². The zero-order chi connectivity index (χ0) is 15.3. The van der Waals surface area contributed by atoms with Gasteiger partial charge in [-0.05, 0) is 30.5 Å². The molecule has 0 radical (unpaired) electrons. The smallest absolute Gasteiger partial charge is 0.396 e. The van der Waals surface area contributed by atoms with Crippen LogP contribution in [0.2, 0.25) is 0 Å². The zero-order valence-corrected chi connectivity index (χ0v) is 11.9. The third kappa shape index (κ3) is 4.43. The van der Waals surface area contributed by atoms with E-state index >= 15 is 0 Å². The van der Waals surface area contributed by atoms with Crippen molar-refractivity contribution in [2.24, 2.45) is 0 Å². The van der Waals surface area contributed by atoms with E-state index in [2.05, 4.69) is 10.2 Å². The second kappa shape index (κ2) is 7.24. The highest BCUT2D eigenvalue weighted by molar-refractivity contribution is 5.27. The maximum absolute atomic E-state index is 12.6. The number of piperazine rings is 1. The SMILES string of the molecule is OCCC[C@@H](c1ccc(C(F)(F)F)cc1)N1CCNCC1. The summed E-state index contributed by atoms with van der Waals surface area (Å²) >= 11 is 0. The lowest BCUT2D eigenvalue weighted by Gasteiger charge is -2.35. The minimum Gasteiger partial charge on any atom is -0.396 e. The van der Waals surface area contributed by atoms with Crippen molar-refractivity contribution in [2.75, 3.05) is 32.8 Å². The number of rotatable bonds is 5. The van der Waals surface area contributed by atoms with Crippen molar-refractivity contribution in [3.8, 4) is 0 Å². The lowest BCUT2D eigenvalue weighted by Crippen LogP contribution is -2.45. The minimum atomic E-state index is -4.30. The van der Waals surface area contributed by atoms with Crippen LogP contribution in [-0.4, -0.2) is 42.8 Å². The van der Waals surface area contributed by atoms with Gasteiger partial charge < -0.3 is 10.4 Å². The molecule has 0 spiro atoms. The summed E-state index contributed by atoms with van der Waals surface area (Å²) in [4.78, 5) is 2.27. The first-order valence-electron chi connectivity index (χ1n) is 7.25. The number of hydrogen-bond acceptors (Lipinski definition) is 3. The number of aliphatic hydroxyl groups is 1. The fraction of sp³-hybridized carbons (Fsp3) is 0.600. The second-order valence-corrected chi connectivity index (χ2v) is 5.29. The van der Waals surface area contributed by atoms with E-state index in [1.165, 1.54) is 0 Å². The van der Waals surface area contributed by atoms with Crippen LogP contribution in [0.15, 0.2) is 24.3 Å². The standard InChI is InChI=1S/C15H21F3N2O/c16-15(17,18)13-5-3-12(4-6-13)14(2-1-11-21)20-9-7-19-8-10-20/h3-6,14,19,21H,1-2,7-11H2/t14-/m0/s1. The first kappa shape index (κ1) is 16.3. The third-order valence-electron chi connectivity index (χ3n) is 3.85. The highest BCUT2D eigenvalue weighted by atomic mass is 19.4. The Morgan fingerprint density at radius 2 is 1.76 bits per heavy atom. The summed E-state index contributed by atoms with van der Waals surface area (Å²) in [5.41, 5.74) is 0.269. The van der Waals surface area contributed by atoms with Crippen LogP contribution in [0.25, 0.3) is 0 Å². The molecule has 0 saturated carbocycles. The van der Waals surface area contributed by atoms with E-state index in [-0.39, 0.29) is 12.6 Å². The average Bonchev–Trinajstić information content (AvgIpc) is 2.48. The molecule has 1 heterocycles. The van der Waals surface area contributed by atoms with Crippen molar-refractivity contribution in [2.45, 2.75) is 25.1 Å². The number of nitrogens with zero attached hydrogens (tertiary/aromatic N) is 1. The molecular weight excluding hydrogens is 281 g/mol. The van der Waals surface area contributed by atoms with Crippen LogP contribution in [0.3, 0.4) is 0 Å². The Hall–Kier alpha value is -1.11. The van der Waals surface area contributed by atoms with Crippen LogP contribution < -0.4 is 5.32 Å². The molecule has 2 rings (SSSR count). The van der Waals surface area contributed by atoms with E-state index in [9.17, 15) is 13.2 Å². The quantitative estimate of drug-likeness (QED) is 0.877. The molecule has 2 N–H and O–H groups in total. The molecule has 0 aromatic heterocycles. The van der Waals surface area contributed by atoms with Crippen molar-refractivity contribution in [3.63, 3.8) is 0 Å². The van der Waals surface area contributed by atoms with Gasteiger partial charge >= 0.3 is 6.18 Å². The maximum atomic E-state index is 12.6. The van der Waals surface area contributed by atoms with Gasteiger partial charge in [0.1, 0.15) is 0 Å². The highest BCUT2D eigenvalue weighted by Gasteiger charge is 2.30. The molecule has 1 aliphatic heterocycles. The van der Waals surface area contributed by atoms with Crippen molar-refractivity contribution in [1.82, 2.24) is 10.2 Å².